The number of hydrogen-bond donors (Lipinski definition) is 1. The van der Waals surface area contributed by atoms with Crippen LogP contribution in [0.5, 0.6) is 0 Å². The van der Waals surface area contributed by atoms with E-state index >= 15 is 0 Å². The van der Waals surface area contributed by atoms with Gasteiger partial charge in [-0.2, -0.15) is 5.26 Å². The van der Waals surface area contributed by atoms with Crippen molar-refractivity contribution in [2.45, 2.75) is 63.4 Å². The molecule has 0 spiro atoms. The Bertz CT molecular complexity index is 347. The highest BCUT2D eigenvalue weighted by molar-refractivity contribution is 14.1. The second-order valence-electron chi connectivity index (χ2n) is 5.96. The molecule has 2 rings (SSSR count). The lowest BCUT2D eigenvalue weighted by molar-refractivity contribution is -0.107. The van der Waals surface area contributed by atoms with E-state index in [4.69, 9.17) is 19.8 Å². The minimum atomic E-state index is 0.0575. The number of aliphatic hydroxyl groups excluding tert-OH is 1. The molecule has 0 saturated carbocycles. The summed E-state index contributed by atoms with van der Waals surface area (Å²) in [4.78, 5) is 0. The van der Waals surface area contributed by atoms with E-state index < -0.39 is 0 Å². The summed E-state index contributed by atoms with van der Waals surface area (Å²) in [6, 6.07) is 2.29. The minimum Gasteiger partial charge on any atom is -0.396 e. The van der Waals surface area contributed by atoms with Gasteiger partial charge in [-0.1, -0.05) is 22.6 Å². The highest BCUT2D eigenvalue weighted by Crippen LogP contribution is 2.40. The number of ether oxygens (including phenoxy) is 2. The first kappa shape index (κ1) is 16.5. The van der Waals surface area contributed by atoms with Gasteiger partial charge in [-0.15, -0.1) is 0 Å². The summed E-state index contributed by atoms with van der Waals surface area (Å²) in [6.45, 7) is 2.19. The van der Waals surface area contributed by atoms with Crippen molar-refractivity contribution in [2.24, 2.45) is 11.8 Å². The van der Waals surface area contributed by atoms with Crippen LogP contribution in [0.2, 0.25) is 0 Å². The van der Waals surface area contributed by atoms with Crippen molar-refractivity contribution < 1.29 is 14.6 Å². The van der Waals surface area contributed by atoms with Crippen molar-refractivity contribution >= 4 is 22.6 Å². The molecular weight excluding hydrogens is 369 g/mol. The molecule has 1 unspecified atom stereocenters. The quantitative estimate of drug-likeness (QED) is 0.557. The molecule has 20 heavy (non-hydrogen) atoms. The van der Waals surface area contributed by atoms with Crippen LogP contribution in [-0.2, 0) is 9.47 Å². The van der Waals surface area contributed by atoms with Crippen LogP contribution >= 0.6 is 22.6 Å². The van der Waals surface area contributed by atoms with Gasteiger partial charge in [0.2, 0.25) is 0 Å². The van der Waals surface area contributed by atoms with E-state index in [2.05, 4.69) is 28.7 Å². The smallest absolute Gasteiger partial charge is 0.0900 e. The highest BCUT2D eigenvalue weighted by atomic mass is 127. The molecule has 114 valence electrons. The van der Waals surface area contributed by atoms with Gasteiger partial charge in [0.1, 0.15) is 0 Å². The van der Waals surface area contributed by atoms with Crippen LogP contribution in [-0.4, -0.2) is 40.6 Å². The molecule has 1 N–H and O–H groups in total. The molecule has 0 aliphatic carbocycles. The normalized spacial score (nSPS) is 38.2. The Hall–Kier alpha value is 0.1000. The van der Waals surface area contributed by atoms with Gasteiger partial charge in [-0.25, -0.2) is 0 Å². The van der Waals surface area contributed by atoms with Gasteiger partial charge in [-0.05, 0) is 39.0 Å². The third kappa shape index (κ3) is 3.85. The van der Waals surface area contributed by atoms with Crippen LogP contribution in [0.4, 0.5) is 0 Å². The summed E-state index contributed by atoms with van der Waals surface area (Å²) >= 11 is 2.41. The van der Waals surface area contributed by atoms with Gasteiger partial charge < -0.3 is 14.6 Å². The largest absolute Gasteiger partial charge is 0.396 e. The van der Waals surface area contributed by atoms with Crippen LogP contribution in [0.25, 0.3) is 0 Å². The van der Waals surface area contributed by atoms with Crippen LogP contribution in [0.3, 0.4) is 0 Å². The molecule has 0 aromatic rings. The summed E-state index contributed by atoms with van der Waals surface area (Å²) in [5.74, 6) is 0.481. The van der Waals surface area contributed by atoms with Gasteiger partial charge in [0.05, 0.1) is 30.5 Å². The van der Waals surface area contributed by atoms with Gasteiger partial charge in [-0.3, -0.25) is 0 Å². The number of fused-ring (bicyclic) bond motifs is 1. The molecule has 5 heteroatoms. The van der Waals surface area contributed by atoms with Gasteiger partial charge in [0.25, 0.3) is 0 Å². The monoisotopic (exact) mass is 393 g/mol. The van der Waals surface area contributed by atoms with Gasteiger partial charge >= 0.3 is 0 Å². The SMILES string of the molecule is C[C@@H](C#N)C[C@H]1CC[C@@H]2O[C@@H](CCCO)[C@@H](CI)C2O1. The molecule has 0 aromatic carbocycles. The summed E-state index contributed by atoms with van der Waals surface area (Å²) in [6.07, 6.45) is 5.40. The van der Waals surface area contributed by atoms with E-state index in [0.29, 0.717) is 5.92 Å². The number of halogens is 1. The summed E-state index contributed by atoms with van der Waals surface area (Å²) in [5, 5.41) is 17.9. The Balaban J connectivity index is 1.93. The van der Waals surface area contributed by atoms with E-state index in [1.54, 1.807) is 0 Å². The number of nitriles is 1. The maximum Gasteiger partial charge on any atom is 0.0900 e. The Kier molecular flexibility index (Phi) is 6.53. The first-order valence-electron chi connectivity index (χ1n) is 7.57. The van der Waals surface area contributed by atoms with E-state index in [1.165, 1.54) is 0 Å². The second-order valence-corrected chi connectivity index (χ2v) is 6.84. The van der Waals surface area contributed by atoms with Crippen LogP contribution < -0.4 is 0 Å². The lowest BCUT2D eigenvalue weighted by Gasteiger charge is -2.34. The molecule has 0 amide bonds. The molecule has 6 atom stereocenters. The summed E-state index contributed by atoms with van der Waals surface area (Å²) < 4.78 is 13.4. The summed E-state index contributed by atoms with van der Waals surface area (Å²) in [5.41, 5.74) is 0. The number of nitrogens with zero attached hydrogens (tertiary/aromatic N) is 1. The highest BCUT2D eigenvalue weighted by Gasteiger charge is 2.47. The topological polar surface area (TPSA) is 62.5 Å². The molecule has 2 aliphatic rings. The summed E-state index contributed by atoms with van der Waals surface area (Å²) in [7, 11) is 0. The molecular formula is C15H24INO3. The zero-order valence-corrected chi connectivity index (χ0v) is 14.2. The third-order valence-electron chi connectivity index (χ3n) is 4.40. The fourth-order valence-corrected chi connectivity index (χ4v) is 4.40. The predicted octanol–water partition coefficient (Wildman–Crippen LogP) is 2.67. The maximum absolute atomic E-state index is 8.99. The van der Waals surface area contributed by atoms with Crippen molar-refractivity contribution in [3.8, 4) is 6.07 Å². The fourth-order valence-electron chi connectivity index (χ4n) is 3.33. The first-order valence-corrected chi connectivity index (χ1v) is 9.09. The number of aliphatic hydroxyl groups is 1. The molecule has 0 radical (unpaired) electrons. The molecule has 2 aliphatic heterocycles. The van der Waals surface area contributed by atoms with Crippen molar-refractivity contribution in [2.75, 3.05) is 11.0 Å². The molecule has 2 saturated heterocycles. The second kappa shape index (κ2) is 7.92. The molecule has 2 fully saturated rings. The van der Waals surface area contributed by atoms with E-state index in [0.717, 1.165) is 36.5 Å². The van der Waals surface area contributed by atoms with Gasteiger partial charge in [0, 0.05) is 22.9 Å². The molecule has 4 nitrogen and oxygen atoms in total. The van der Waals surface area contributed by atoms with E-state index in [9.17, 15) is 0 Å². The average Bonchev–Trinajstić information content (AvgIpc) is 2.81. The zero-order chi connectivity index (χ0) is 14.5. The first-order chi connectivity index (χ1) is 9.69. The van der Waals surface area contributed by atoms with Crippen LogP contribution in [0.15, 0.2) is 0 Å². The molecule has 2 heterocycles. The van der Waals surface area contributed by atoms with E-state index in [1.807, 2.05) is 6.92 Å². The van der Waals surface area contributed by atoms with Crippen molar-refractivity contribution in [3.63, 3.8) is 0 Å². The van der Waals surface area contributed by atoms with Crippen molar-refractivity contribution in [1.29, 1.82) is 5.26 Å². The Morgan fingerprint density at radius 3 is 2.85 bits per heavy atom. The van der Waals surface area contributed by atoms with Crippen LogP contribution in [0, 0.1) is 23.2 Å². The lowest BCUT2D eigenvalue weighted by Crippen LogP contribution is -2.40. The Labute approximate surface area is 135 Å². The third-order valence-corrected chi connectivity index (χ3v) is 5.42. The minimum absolute atomic E-state index is 0.0575. The zero-order valence-electron chi connectivity index (χ0n) is 12.0. The fraction of sp³-hybridized carbons (Fsp3) is 0.933. The predicted molar refractivity (Wildman–Crippen MR) is 84.6 cm³/mol. The number of alkyl halides is 1. The Morgan fingerprint density at radius 2 is 2.20 bits per heavy atom. The Morgan fingerprint density at radius 1 is 1.40 bits per heavy atom. The van der Waals surface area contributed by atoms with Gasteiger partial charge in [0.15, 0.2) is 0 Å². The lowest BCUT2D eigenvalue weighted by atomic mass is 9.89. The standard InChI is InChI=1S/C15H24INO3/c1-10(9-17)7-11-4-5-14-15(19-11)12(8-16)13(20-14)3-2-6-18/h10-15,18H,2-8H2,1H3/t10-,11-,12-,13+,14+,15?/m1/s1. The molecule has 0 bridgehead atoms. The van der Waals surface area contributed by atoms with Crippen molar-refractivity contribution in [1.82, 2.24) is 0 Å². The van der Waals surface area contributed by atoms with E-state index in [-0.39, 0.29) is 36.9 Å². The van der Waals surface area contributed by atoms with Crippen molar-refractivity contribution in [3.05, 3.63) is 0 Å². The average molecular weight is 393 g/mol. The number of rotatable bonds is 6. The number of hydrogen-bond acceptors (Lipinski definition) is 4. The maximum atomic E-state index is 8.99. The van der Waals surface area contributed by atoms with Crippen LogP contribution in [0.1, 0.15) is 39.0 Å². The molecule has 0 aromatic heterocycles.